The molecule has 261 valence electrons. The molecule has 1 unspecified atom stereocenters. The van der Waals surface area contributed by atoms with Gasteiger partial charge in [-0.3, -0.25) is 4.31 Å². The van der Waals surface area contributed by atoms with Crippen LogP contribution in [0.3, 0.4) is 0 Å². The van der Waals surface area contributed by atoms with Gasteiger partial charge in [-0.05, 0) is 79.6 Å². The van der Waals surface area contributed by atoms with Crippen molar-refractivity contribution in [1.82, 2.24) is 4.98 Å². The molecule has 41 heteroatoms. The first-order valence-corrected chi connectivity index (χ1v) is 22.4. The Morgan fingerprint density at radius 2 is 1.19 bits per heavy atom. The Hall–Kier alpha value is -0.367. The van der Waals surface area contributed by atoms with Crippen molar-refractivity contribution in [3.8, 4) is 0 Å². The zero-order valence-corrected chi connectivity index (χ0v) is 37.5. The molecule has 0 spiro atoms. The predicted octanol–water partition coefficient (Wildman–Crippen LogP) is -7.10. The van der Waals surface area contributed by atoms with Crippen molar-refractivity contribution in [3.05, 3.63) is 88.1 Å². The number of nitrogens with zero attached hydrogens (tertiary/aromatic N) is 2. The van der Waals surface area contributed by atoms with Gasteiger partial charge in [0.2, 0.25) is 0 Å². The van der Waals surface area contributed by atoms with Crippen LogP contribution in [0.1, 0.15) is 29.5 Å². The van der Waals surface area contributed by atoms with Crippen molar-refractivity contribution in [2.24, 2.45) is 0 Å². The van der Waals surface area contributed by atoms with Gasteiger partial charge in [-0.2, -0.15) is 8.42 Å². The second-order valence-electron chi connectivity index (χ2n) is 16.6. The molecule has 4 rings (SSSR count). The third-order valence-electron chi connectivity index (χ3n) is 12.0. The molecule has 1 atom stereocenters. The minimum atomic E-state index is -4.04. The molecule has 0 aliphatic carbocycles. The number of benzene rings is 2. The van der Waals surface area contributed by atoms with Crippen molar-refractivity contribution in [1.29, 1.82) is 0 Å². The lowest BCUT2D eigenvalue weighted by Gasteiger charge is -2.51. The summed E-state index contributed by atoms with van der Waals surface area (Å²) < 4.78 is 56.7. The molecule has 1 aliphatic rings. The normalized spacial score (nSPS) is 12.8. The Labute approximate surface area is 416 Å². The monoisotopic (exact) mass is 825 g/mol. The molecular weight excluding hydrogens is 799 g/mol. The second kappa shape index (κ2) is 26.0. The Morgan fingerprint density at radius 3 is 1.61 bits per heavy atom. The molecule has 3 aromatic rings. The molecule has 0 N–H and O–H groups in total. The highest BCUT2D eigenvalue weighted by molar-refractivity contribution is 8.29. The maximum atomic E-state index is 14.3. The van der Waals surface area contributed by atoms with Crippen LogP contribution in [0.15, 0.2) is 59.8 Å². The smallest absolute Gasteiger partial charge is 0.262 e. The van der Waals surface area contributed by atoms with Crippen LogP contribution < -0.4 is 4.31 Å². The van der Waals surface area contributed by atoms with E-state index in [0.29, 0.717) is 42.0 Å². The SMILES string of the molecule is Cc1ccc(S(=O)(=O)N2c3cc(F)ccc3CCC2CCc2ccc(Cl)cc2F)nc1.[B][B]B(B([B])[B])B(B([B])[B])B(B(B([B])[B])B([B])[B])B(B(B([B])[B])B([B])[B])B(B([B])[B])B([B])[B]. The maximum absolute atomic E-state index is 14.3. The Morgan fingerprint density at radius 1 is 0.688 bits per heavy atom. The number of hydrogen-bond acceptors (Lipinski definition) is 3. The molecule has 0 fully saturated rings. The number of pyridine rings is 1. The summed E-state index contributed by atoms with van der Waals surface area (Å²) in [4.78, 5) is 4.10. The number of rotatable bonds is 20. The topological polar surface area (TPSA) is 50.3 Å². The number of hydrogen-bond donors (Lipinski definition) is 0. The molecule has 35 radical (unpaired) electrons. The fourth-order valence-electron chi connectivity index (χ4n) is 9.06. The van der Waals surface area contributed by atoms with E-state index in [1.807, 2.05) is 6.92 Å². The van der Waals surface area contributed by atoms with E-state index >= 15 is 0 Å². The lowest BCUT2D eigenvalue weighted by molar-refractivity contribution is 0.514. The first-order chi connectivity index (χ1) is 29.8. The quantitative estimate of drug-likeness (QED) is 0.107. The van der Waals surface area contributed by atoms with Crippen LogP contribution in [0.4, 0.5) is 14.5 Å². The minimum Gasteiger partial charge on any atom is -0.262 e. The molecule has 2 aromatic carbocycles. The summed E-state index contributed by atoms with van der Waals surface area (Å²) in [6, 6.07) is 11.3. The molecule has 0 bridgehead atoms. The van der Waals surface area contributed by atoms with E-state index < -0.39 is 123 Å². The van der Waals surface area contributed by atoms with Gasteiger partial charge in [0.05, 0.1) is 5.69 Å². The Balaban J connectivity index is 0.000000340. The maximum Gasteiger partial charge on any atom is 0.282 e. The van der Waals surface area contributed by atoms with Gasteiger partial charge in [-0.1, -0.05) is 29.8 Å². The number of anilines is 1. The van der Waals surface area contributed by atoms with E-state index in [1.54, 1.807) is 24.3 Å². The largest absolute Gasteiger partial charge is 0.282 e. The standard InChI is InChI=1S/C23H21ClF2N2O2S.B33/c1-15-2-11-23(27-14-15)31(29,30)28-20(9-5-16-3-7-18(24)12-21(16)26)10-6-17-4-8-19(25)13-22(17)28;1-18-27(19(2)3)31(26(16)17)33(30(24(12)13)25(14)15)32(28(20(4)5)21(6)7)29(22(8)9)23(10)11/h2-4,7-8,11-14,20H,5-6,9-10H2,1H3;. The van der Waals surface area contributed by atoms with Gasteiger partial charge in [0.25, 0.3) is 10.0 Å². The number of aromatic nitrogens is 1. The number of halogens is 3. The van der Waals surface area contributed by atoms with E-state index in [-0.39, 0.29) is 5.03 Å². The lowest BCUT2D eigenvalue weighted by Crippen LogP contribution is -2.89. The van der Waals surface area contributed by atoms with Crippen molar-refractivity contribution in [2.45, 2.75) is 43.7 Å². The minimum absolute atomic E-state index is 0.0992. The lowest BCUT2D eigenvalue weighted by atomic mass is 8.30. The van der Waals surface area contributed by atoms with E-state index in [2.05, 4.69) is 4.98 Å². The first-order valence-electron chi connectivity index (χ1n) is 20.6. The van der Waals surface area contributed by atoms with Gasteiger partial charge in [-0.25, -0.2) is 13.8 Å². The van der Waals surface area contributed by atoms with Crippen LogP contribution in [0.5, 0.6) is 0 Å². The highest BCUT2D eigenvalue weighted by Gasteiger charge is 2.53. The van der Waals surface area contributed by atoms with Crippen LogP contribution in [0, 0.1) is 18.6 Å². The van der Waals surface area contributed by atoms with Crippen LogP contribution in [0.2, 0.25) is 5.02 Å². The molecule has 0 amide bonds. The summed E-state index contributed by atoms with van der Waals surface area (Å²) in [5.41, 5.74) is 2.36. The Kier molecular flexibility index (Phi) is 23.6. The third kappa shape index (κ3) is 14.8. The predicted molar refractivity (Wildman–Crippen MR) is 307 cm³/mol. The van der Waals surface area contributed by atoms with E-state index in [4.69, 9.17) is 143 Å². The van der Waals surface area contributed by atoms with Crippen LogP contribution in [0.25, 0.3) is 0 Å². The van der Waals surface area contributed by atoms with E-state index in [1.165, 1.54) is 41.8 Å². The summed E-state index contributed by atoms with van der Waals surface area (Å²) in [7, 11) is 101. The number of aryl methyl sites for hydroxylation is 3. The Bertz CT molecular complexity index is 1990. The zero-order valence-electron chi connectivity index (χ0n) is 35.9. The number of fused-ring (bicyclic) bond motifs is 1. The van der Waals surface area contributed by atoms with Crippen LogP contribution in [-0.2, 0) is 22.9 Å². The van der Waals surface area contributed by atoms with Gasteiger partial charge in [-0.15, -0.1) is 0 Å². The van der Waals surface area contributed by atoms with Crippen molar-refractivity contribution >= 4 is 262 Å². The van der Waals surface area contributed by atoms with Gasteiger partial charge in [0, 0.05) is 252 Å². The highest BCUT2D eigenvalue weighted by Crippen LogP contribution is 2.37. The summed E-state index contributed by atoms with van der Waals surface area (Å²) in [6.45, 7) is 1.82. The fraction of sp³-hybridized carbons (Fsp3) is 0.261. The highest BCUT2D eigenvalue weighted by atomic mass is 35.5. The number of sulfonamides is 1. The summed E-state index contributed by atoms with van der Waals surface area (Å²) in [5.74, 6) is -0.940. The van der Waals surface area contributed by atoms with Crippen LogP contribution in [-0.4, -0.2) is 254 Å². The van der Waals surface area contributed by atoms with Crippen LogP contribution >= 0.6 is 11.6 Å². The molecular formula is C23H21B33ClF2N2O2S. The average molecular weight is 820 g/mol. The van der Waals surface area contributed by atoms with E-state index in [9.17, 15) is 17.2 Å². The van der Waals surface area contributed by atoms with Gasteiger partial charge in [0.1, 0.15) is 11.6 Å². The zero-order chi connectivity index (χ0) is 48.5. The molecule has 0 saturated carbocycles. The second-order valence-corrected chi connectivity index (χ2v) is 18.8. The third-order valence-corrected chi connectivity index (χ3v) is 14.0. The molecule has 1 aromatic heterocycles. The van der Waals surface area contributed by atoms with Gasteiger partial charge in [0.15, 0.2) is 5.03 Å². The molecule has 0 saturated heterocycles. The van der Waals surface area contributed by atoms with Gasteiger partial charge < -0.3 is 0 Å². The average Bonchev–Trinajstić information content (AvgIpc) is 3.17. The molecule has 2 heterocycles. The van der Waals surface area contributed by atoms with E-state index in [0.717, 1.165) is 11.1 Å². The first kappa shape index (κ1) is 57.9. The van der Waals surface area contributed by atoms with Crippen molar-refractivity contribution < 1.29 is 17.2 Å². The fourth-order valence-corrected chi connectivity index (χ4v) is 10.9. The molecule has 4 nitrogen and oxygen atoms in total. The van der Waals surface area contributed by atoms with Crippen molar-refractivity contribution in [3.63, 3.8) is 0 Å². The molecule has 1 aliphatic heterocycles. The van der Waals surface area contributed by atoms with Gasteiger partial charge >= 0.3 is 0 Å². The summed E-state index contributed by atoms with van der Waals surface area (Å²) in [6.07, 6.45) is -11.5. The molecule has 64 heavy (non-hydrogen) atoms. The van der Waals surface area contributed by atoms with Crippen molar-refractivity contribution in [2.75, 3.05) is 4.31 Å². The summed E-state index contributed by atoms with van der Waals surface area (Å²) in [5, 5.41) is 0.204. The summed E-state index contributed by atoms with van der Waals surface area (Å²) >= 11 is 5.83.